The molecule has 1 unspecified atom stereocenters. The molecule has 7 heteroatoms. The minimum atomic E-state index is -0.726. The summed E-state index contributed by atoms with van der Waals surface area (Å²) in [5, 5.41) is 14.9. The van der Waals surface area contributed by atoms with E-state index < -0.39 is 16.9 Å². The van der Waals surface area contributed by atoms with Gasteiger partial charge in [-0.3, -0.25) is 4.79 Å². The van der Waals surface area contributed by atoms with E-state index in [1.54, 1.807) is 11.8 Å². The molecule has 1 atom stereocenters. The van der Waals surface area contributed by atoms with Crippen molar-refractivity contribution in [3.63, 3.8) is 0 Å². The molecule has 1 heterocycles. The second-order valence-electron chi connectivity index (χ2n) is 10.6. The van der Waals surface area contributed by atoms with Gasteiger partial charge in [0.05, 0.1) is 11.1 Å². The van der Waals surface area contributed by atoms with E-state index in [2.05, 4.69) is 32.9 Å². The van der Waals surface area contributed by atoms with Gasteiger partial charge in [-0.15, -0.1) is 11.8 Å². The summed E-state index contributed by atoms with van der Waals surface area (Å²) in [5.74, 6) is 0.827. The van der Waals surface area contributed by atoms with E-state index in [9.17, 15) is 9.90 Å². The van der Waals surface area contributed by atoms with Gasteiger partial charge < -0.3 is 14.4 Å². The predicted octanol–water partition coefficient (Wildman–Crippen LogP) is 7.61. The van der Waals surface area contributed by atoms with Gasteiger partial charge in [0.1, 0.15) is 5.75 Å². The fourth-order valence-corrected chi connectivity index (χ4v) is 5.64. The highest BCUT2D eigenvalue weighted by Gasteiger charge is 2.51. The van der Waals surface area contributed by atoms with Crippen LogP contribution in [0.1, 0.15) is 70.2 Å². The molecule has 0 radical (unpaired) electrons. The second kappa shape index (κ2) is 10.4. The zero-order valence-corrected chi connectivity index (χ0v) is 22.5. The first-order chi connectivity index (χ1) is 16.6. The molecule has 0 amide bonds. The number of halogens is 1. The lowest BCUT2D eigenvalue weighted by Crippen LogP contribution is -2.19. The standard InChI is InChI=1S/C28H34ClNO4S/c1-5-6-21-23(12-11-20-22(17-27(2,3)4)30-34-25(20)21)33-24(29)13-16-35-19-9-7-18(8-10-19)28(14-15-28)26(31)32/h7-12,24H,5-6,13-17H2,1-4H3,(H,31,32). The number of carbonyl (C=O) groups is 1. The van der Waals surface area contributed by atoms with Crippen LogP contribution in [0.15, 0.2) is 45.8 Å². The van der Waals surface area contributed by atoms with Gasteiger partial charge in [-0.25, -0.2) is 0 Å². The maximum absolute atomic E-state index is 11.5. The lowest BCUT2D eigenvalue weighted by atomic mass is 9.89. The Morgan fingerprint density at radius 2 is 1.94 bits per heavy atom. The summed E-state index contributed by atoms with van der Waals surface area (Å²) < 4.78 is 11.9. The highest BCUT2D eigenvalue weighted by molar-refractivity contribution is 7.99. The van der Waals surface area contributed by atoms with Crippen LogP contribution in [-0.2, 0) is 23.1 Å². The third-order valence-electron chi connectivity index (χ3n) is 6.41. The molecule has 1 aliphatic carbocycles. The first-order valence-electron chi connectivity index (χ1n) is 12.3. The number of aromatic nitrogens is 1. The van der Waals surface area contributed by atoms with Crippen molar-refractivity contribution in [2.24, 2.45) is 5.41 Å². The Hall–Kier alpha value is -2.18. The molecule has 4 rings (SSSR count). The van der Waals surface area contributed by atoms with Gasteiger partial charge in [-0.05, 0) is 60.9 Å². The zero-order valence-electron chi connectivity index (χ0n) is 20.9. The maximum atomic E-state index is 11.5. The molecule has 1 aromatic heterocycles. The second-order valence-corrected chi connectivity index (χ2v) is 12.3. The monoisotopic (exact) mass is 515 g/mol. The van der Waals surface area contributed by atoms with Crippen molar-refractivity contribution < 1.29 is 19.2 Å². The van der Waals surface area contributed by atoms with Crippen LogP contribution in [0.2, 0.25) is 0 Å². The number of alkyl halides is 1. The van der Waals surface area contributed by atoms with Crippen molar-refractivity contribution in [2.45, 2.75) is 82.1 Å². The van der Waals surface area contributed by atoms with Gasteiger partial charge in [0.15, 0.2) is 11.1 Å². The van der Waals surface area contributed by atoms with E-state index in [4.69, 9.17) is 20.9 Å². The number of aliphatic carboxylic acids is 1. The smallest absolute Gasteiger partial charge is 0.314 e. The van der Waals surface area contributed by atoms with Crippen LogP contribution in [0.25, 0.3) is 11.0 Å². The van der Waals surface area contributed by atoms with Crippen molar-refractivity contribution in [3.05, 3.63) is 53.2 Å². The SMILES string of the molecule is CCCc1c(OC(Cl)CCSc2ccc(C3(C(=O)O)CC3)cc2)ccc2c(CC(C)(C)C)noc12. The molecule has 2 aromatic carbocycles. The van der Waals surface area contributed by atoms with Crippen LogP contribution in [0.3, 0.4) is 0 Å². The lowest BCUT2D eigenvalue weighted by Gasteiger charge is -2.17. The molecule has 0 aliphatic heterocycles. The van der Waals surface area contributed by atoms with E-state index in [1.807, 2.05) is 36.4 Å². The summed E-state index contributed by atoms with van der Waals surface area (Å²) in [4.78, 5) is 12.6. The Balaban J connectivity index is 1.37. The molecule has 1 N–H and O–H groups in total. The first-order valence-corrected chi connectivity index (χ1v) is 13.7. The number of nitrogens with zero attached hydrogens (tertiary/aromatic N) is 1. The number of benzene rings is 2. The molecule has 0 bridgehead atoms. The number of fused-ring (bicyclic) bond motifs is 1. The molecule has 3 aromatic rings. The molecule has 35 heavy (non-hydrogen) atoms. The summed E-state index contributed by atoms with van der Waals surface area (Å²) in [6.07, 6.45) is 4.75. The van der Waals surface area contributed by atoms with Gasteiger partial charge in [0, 0.05) is 28.0 Å². The summed E-state index contributed by atoms with van der Waals surface area (Å²) in [6, 6.07) is 11.9. The van der Waals surface area contributed by atoms with Crippen molar-refractivity contribution in [1.82, 2.24) is 5.16 Å². The van der Waals surface area contributed by atoms with Crippen molar-refractivity contribution in [1.29, 1.82) is 0 Å². The molecule has 5 nitrogen and oxygen atoms in total. The van der Waals surface area contributed by atoms with Crippen molar-refractivity contribution >= 4 is 40.3 Å². The normalized spacial score (nSPS) is 15.8. The Morgan fingerprint density at radius 3 is 2.54 bits per heavy atom. The number of rotatable bonds is 11. The molecule has 1 fully saturated rings. The minimum absolute atomic E-state index is 0.124. The summed E-state index contributed by atoms with van der Waals surface area (Å²) >= 11 is 8.27. The van der Waals surface area contributed by atoms with E-state index in [-0.39, 0.29) is 5.41 Å². The fraction of sp³-hybridized carbons (Fsp3) is 0.500. The number of carboxylic acid groups (broad SMARTS) is 1. The van der Waals surface area contributed by atoms with Crippen LogP contribution in [0.5, 0.6) is 5.75 Å². The molecule has 1 aliphatic rings. The Kier molecular flexibility index (Phi) is 7.72. The van der Waals surface area contributed by atoms with Crippen molar-refractivity contribution in [2.75, 3.05) is 5.75 Å². The van der Waals surface area contributed by atoms with Crippen LogP contribution >= 0.6 is 23.4 Å². The third-order valence-corrected chi connectivity index (χ3v) is 7.76. The molecule has 0 spiro atoms. The van der Waals surface area contributed by atoms with Gasteiger partial charge in [0.2, 0.25) is 0 Å². The van der Waals surface area contributed by atoms with Gasteiger partial charge in [0.25, 0.3) is 0 Å². The molecular formula is C28H34ClNO4S. The number of hydrogen-bond donors (Lipinski definition) is 1. The average Bonchev–Trinajstić information content (AvgIpc) is 3.52. The molecule has 0 saturated heterocycles. The van der Waals surface area contributed by atoms with Gasteiger partial charge in [-0.2, -0.15) is 0 Å². The summed E-state index contributed by atoms with van der Waals surface area (Å²) in [5.41, 5.74) is 2.71. The first kappa shape index (κ1) is 25.9. The molecular weight excluding hydrogens is 482 g/mol. The third kappa shape index (κ3) is 5.97. The Labute approximate surface area is 216 Å². The Morgan fingerprint density at radius 1 is 1.23 bits per heavy atom. The molecule has 1 saturated carbocycles. The van der Waals surface area contributed by atoms with Crippen LogP contribution in [0.4, 0.5) is 0 Å². The number of hydrogen-bond acceptors (Lipinski definition) is 5. The average molecular weight is 516 g/mol. The topological polar surface area (TPSA) is 72.6 Å². The van der Waals surface area contributed by atoms with E-state index in [0.717, 1.165) is 76.3 Å². The number of ether oxygens (including phenoxy) is 1. The number of carboxylic acids is 1. The van der Waals surface area contributed by atoms with E-state index >= 15 is 0 Å². The maximum Gasteiger partial charge on any atom is 0.314 e. The number of thioether (sulfide) groups is 1. The van der Waals surface area contributed by atoms with E-state index in [1.165, 1.54) is 0 Å². The van der Waals surface area contributed by atoms with Crippen LogP contribution in [-0.4, -0.2) is 27.5 Å². The van der Waals surface area contributed by atoms with Crippen LogP contribution < -0.4 is 4.74 Å². The molecule has 188 valence electrons. The van der Waals surface area contributed by atoms with Gasteiger partial charge >= 0.3 is 5.97 Å². The van der Waals surface area contributed by atoms with E-state index in [0.29, 0.717) is 6.42 Å². The Bertz CT molecular complexity index is 1180. The highest BCUT2D eigenvalue weighted by atomic mass is 35.5. The summed E-state index contributed by atoms with van der Waals surface area (Å²) in [7, 11) is 0. The lowest BCUT2D eigenvalue weighted by molar-refractivity contribution is -0.140. The van der Waals surface area contributed by atoms with Gasteiger partial charge in [-0.1, -0.05) is 63.0 Å². The largest absolute Gasteiger partial charge is 0.481 e. The predicted molar refractivity (Wildman–Crippen MR) is 142 cm³/mol. The van der Waals surface area contributed by atoms with Crippen molar-refractivity contribution in [3.8, 4) is 5.75 Å². The quantitative estimate of drug-likeness (QED) is 0.209. The number of aryl methyl sites for hydroxylation is 1. The van der Waals surface area contributed by atoms with Crippen LogP contribution in [0, 0.1) is 5.41 Å². The zero-order chi connectivity index (χ0) is 25.2. The summed E-state index contributed by atoms with van der Waals surface area (Å²) in [6.45, 7) is 8.72. The fourth-order valence-electron chi connectivity index (χ4n) is 4.41. The minimum Gasteiger partial charge on any atom is -0.481 e. The highest BCUT2D eigenvalue weighted by Crippen LogP contribution is 2.48.